The lowest BCUT2D eigenvalue weighted by Gasteiger charge is -2.21. The summed E-state index contributed by atoms with van der Waals surface area (Å²) in [6, 6.07) is 11.6. The van der Waals surface area contributed by atoms with Crippen molar-refractivity contribution in [1.82, 2.24) is 4.90 Å². The summed E-state index contributed by atoms with van der Waals surface area (Å²) in [6.07, 6.45) is 0.458. The summed E-state index contributed by atoms with van der Waals surface area (Å²) in [7, 11) is 0. The van der Waals surface area contributed by atoms with Crippen LogP contribution in [0.3, 0.4) is 0 Å². The number of carbonyl (C=O) groups is 2. The molecular weight excluding hydrogens is 268 g/mol. The molecule has 0 aliphatic carbocycles. The van der Waals surface area contributed by atoms with Gasteiger partial charge >= 0.3 is 5.97 Å². The Morgan fingerprint density at radius 1 is 1.24 bits per heavy atom. The van der Waals surface area contributed by atoms with Gasteiger partial charge in [0.2, 0.25) is 5.91 Å². The van der Waals surface area contributed by atoms with E-state index in [1.165, 1.54) is 0 Å². The smallest absolute Gasteiger partial charge is 0.306 e. The Bertz CT molecular complexity index is 494. The van der Waals surface area contributed by atoms with Gasteiger partial charge in [-0.1, -0.05) is 30.3 Å². The summed E-state index contributed by atoms with van der Waals surface area (Å²) < 4.78 is 4.81. The van der Waals surface area contributed by atoms with Crippen molar-refractivity contribution in [3.05, 3.63) is 35.9 Å². The zero-order valence-corrected chi connectivity index (χ0v) is 12.2. The second-order valence-electron chi connectivity index (χ2n) is 4.51. The van der Waals surface area contributed by atoms with Gasteiger partial charge in [-0.15, -0.1) is 0 Å². The van der Waals surface area contributed by atoms with Crippen LogP contribution in [0.25, 0.3) is 0 Å². The van der Waals surface area contributed by atoms with E-state index in [9.17, 15) is 9.59 Å². The molecule has 0 spiro atoms. The zero-order valence-electron chi connectivity index (χ0n) is 12.2. The molecule has 0 aliphatic rings. The van der Waals surface area contributed by atoms with Crippen molar-refractivity contribution in [2.24, 2.45) is 0 Å². The van der Waals surface area contributed by atoms with Crippen LogP contribution >= 0.6 is 0 Å². The fourth-order valence-electron chi connectivity index (χ4n) is 1.88. The van der Waals surface area contributed by atoms with Gasteiger partial charge in [0.05, 0.1) is 25.5 Å². The summed E-state index contributed by atoms with van der Waals surface area (Å²) in [5, 5.41) is 8.69. The molecule has 5 nitrogen and oxygen atoms in total. The molecule has 21 heavy (non-hydrogen) atoms. The Labute approximate surface area is 125 Å². The summed E-state index contributed by atoms with van der Waals surface area (Å²) in [4.78, 5) is 25.1. The van der Waals surface area contributed by atoms with E-state index in [2.05, 4.69) is 0 Å². The molecule has 0 saturated carbocycles. The number of esters is 1. The Morgan fingerprint density at radius 2 is 1.95 bits per heavy atom. The number of hydrogen-bond donors (Lipinski definition) is 0. The van der Waals surface area contributed by atoms with Gasteiger partial charge < -0.3 is 9.64 Å². The molecule has 0 aliphatic heterocycles. The number of nitrogens with zero attached hydrogens (tertiary/aromatic N) is 2. The fraction of sp³-hybridized carbons (Fsp3) is 0.438. The van der Waals surface area contributed by atoms with Crippen LogP contribution < -0.4 is 0 Å². The number of nitriles is 1. The molecular formula is C16H20N2O3. The van der Waals surface area contributed by atoms with E-state index in [0.29, 0.717) is 19.7 Å². The van der Waals surface area contributed by atoms with Gasteiger partial charge in [0.1, 0.15) is 0 Å². The topological polar surface area (TPSA) is 70.4 Å². The van der Waals surface area contributed by atoms with Gasteiger partial charge in [0, 0.05) is 19.5 Å². The van der Waals surface area contributed by atoms with Crippen LogP contribution in [0.15, 0.2) is 30.3 Å². The minimum atomic E-state index is -0.370. The molecule has 0 radical (unpaired) electrons. The Morgan fingerprint density at radius 3 is 2.57 bits per heavy atom. The molecule has 0 atom stereocenters. The quantitative estimate of drug-likeness (QED) is 0.688. The van der Waals surface area contributed by atoms with Gasteiger partial charge in [-0.3, -0.25) is 9.59 Å². The van der Waals surface area contributed by atoms with Gasteiger partial charge in [-0.2, -0.15) is 5.26 Å². The van der Waals surface area contributed by atoms with Crippen LogP contribution in [0.2, 0.25) is 0 Å². The summed E-state index contributed by atoms with van der Waals surface area (Å²) in [5.74, 6) is -0.507. The molecule has 0 bridgehead atoms. The first-order valence-corrected chi connectivity index (χ1v) is 7.01. The van der Waals surface area contributed by atoms with Crippen molar-refractivity contribution in [1.29, 1.82) is 5.26 Å². The van der Waals surface area contributed by atoms with Crippen molar-refractivity contribution in [3.8, 4) is 6.07 Å². The van der Waals surface area contributed by atoms with E-state index in [1.807, 2.05) is 36.4 Å². The number of amides is 1. The van der Waals surface area contributed by atoms with E-state index in [-0.39, 0.29) is 31.1 Å². The maximum Gasteiger partial charge on any atom is 0.306 e. The maximum absolute atomic E-state index is 12.2. The second-order valence-corrected chi connectivity index (χ2v) is 4.51. The number of hydrogen-bond acceptors (Lipinski definition) is 4. The van der Waals surface area contributed by atoms with Gasteiger partial charge in [-0.05, 0) is 12.5 Å². The average Bonchev–Trinajstić information content (AvgIpc) is 2.50. The normalized spacial score (nSPS) is 9.71. The standard InChI is InChI=1S/C16H20N2O3/c1-2-21-16(20)10-9-15(19)18(12-6-11-17)13-14-7-4-3-5-8-14/h3-5,7-8H,2,6,9-10,12-13H2,1H3. The average molecular weight is 288 g/mol. The highest BCUT2D eigenvalue weighted by atomic mass is 16.5. The highest BCUT2D eigenvalue weighted by Crippen LogP contribution is 2.08. The highest BCUT2D eigenvalue weighted by Gasteiger charge is 2.15. The monoisotopic (exact) mass is 288 g/mol. The van der Waals surface area contributed by atoms with E-state index >= 15 is 0 Å². The SMILES string of the molecule is CCOC(=O)CCC(=O)N(CCC#N)Cc1ccccc1. The summed E-state index contributed by atoms with van der Waals surface area (Å²) in [6.45, 7) is 2.86. The van der Waals surface area contributed by atoms with E-state index < -0.39 is 0 Å². The van der Waals surface area contributed by atoms with Crippen molar-refractivity contribution in [2.75, 3.05) is 13.2 Å². The highest BCUT2D eigenvalue weighted by molar-refractivity contribution is 5.81. The molecule has 1 rings (SSSR count). The minimum Gasteiger partial charge on any atom is -0.466 e. The lowest BCUT2D eigenvalue weighted by molar-refractivity contribution is -0.145. The van der Waals surface area contributed by atoms with Crippen molar-refractivity contribution >= 4 is 11.9 Å². The number of ether oxygens (including phenoxy) is 1. The van der Waals surface area contributed by atoms with Gasteiger partial charge in [-0.25, -0.2) is 0 Å². The lowest BCUT2D eigenvalue weighted by atomic mass is 10.2. The molecule has 1 aromatic rings. The van der Waals surface area contributed by atoms with Crippen LogP contribution in [0, 0.1) is 11.3 Å². The third-order valence-electron chi connectivity index (χ3n) is 2.91. The minimum absolute atomic E-state index is 0.0739. The number of rotatable bonds is 8. The molecule has 0 unspecified atom stereocenters. The van der Waals surface area contributed by atoms with E-state index in [1.54, 1.807) is 11.8 Å². The fourth-order valence-corrected chi connectivity index (χ4v) is 1.88. The molecule has 1 aromatic carbocycles. The number of benzene rings is 1. The van der Waals surface area contributed by atoms with Crippen molar-refractivity contribution in [2.45, 2.75) is 32.7 Å². The first kappa shape index (κ1) is 16.7. The number of carbonyl (C=O) groups excluding carboxylic acids is 2. The van der Waals surface area contributed by atoms with E-state index in [4.69, 9.17) is 10.00 Å². The predicted molar refractivity (Wildman–Crippen MR) is 78.0 cm³/mol. The molecule has 0 heterocycles. The van der Waals surface area contributed by atoms with Crippen molar-refractivity contribution < 1.29 is 14.3 Å². The molecule has 112 valence electrons. The molecule has 0 saturated heterocycles. The third kappa shape index (κ3) is 6.57. The third-order valence-corrected chi connectivity index (χ3v) is 2.91. The summed E-state index contributed by atoms with van der Waals surface area (Å²) in [5.41, 5.74) is 1.000. The summed E-state index contributed by atoms with van der Waals surface area (Å²) >= 11 is 0. The molecule has 1 amide bonds. The van der Waals surface area contributed by atoms with Gasteiger partial charge in [0.25, 0.3) is 0 Å². The molecule has 0 aromatic heterocycles. The maximum atomic E-state index is 12.2. The Kier molecular flexibility index (Phi) is 7.59. The Balaban J connectivity index is 2.57. The molecule has 0 fully saturated rings. The van der Waals surface area contributed by atoms with Crippen LogP contribution in [-0.2, 0) is 20.9 Å². The van der Waals surface area contributed by atoms with E-state index in [0.717, 1.165) is 5.56 Å². The first-order valence-electron chi connectivity index (χ1n) is 7.01. The first-order chi connectivity index (χ1) is 10.2. The van der Waals surface area contributed by atoms with Gasteiger partial charge in [0.15, 0.2) is 0 Å². The lowest BCUT2D eigenvalue weighted by Crippen LogP contribution is -2.31. The van der Waals surface area contributed by atoms with Crippen LogP contribution in [-0.4, -0.2) is 29.9 Å². The molecule has 0 N–H and O–H groups in total. The van der Waals surface area contributed by atoms with Crippen LogP contribution in [0.4, 0.5) is 0 Å². The predicted octanol–water partition coefficient (Wildman–Crippen LogP) is 2.27. The Hall–Kier alpha value is -2.35. The second kappa shape index (κ2) is 9.54. The largest absolute Gasteiger partial charge is 0.466 e. The van der Waals surface area contributed by atoms with Crippen LogP contribution in [0.1, 0.15) is 31.7 Å². The zero-order chi connectivity index (χ0) is 15.5. The van der Waals surface area contributed by atoms with Crippen molar-refractivity contribution in [3.63, 3.8) is 0 Å². The molecule has 5 heteroatoms. The van der Waals surface area contributed by atoms with Crippen LogP contribution in [0.5, 0.6) is 0 Å².